The van der Waals surface area contributed by atoms with Crippen LogP contribution in [0.2, 0.25) is 0 Å². The summed E-state index contributed by atoms with van der Waals surface area (Å²) in [6.45, 7) is 0.119. The van der Waals surface area contributed by atoms with Crippen molar-refractivity contribution >= 4 is 5.91 Å². The second kappa shape index (κ2) is 14.8. The van der Waals surface area contributed by atoms with Gasteiger partial charge in [0.25, 0.3) is 5.91 Å². The van der Waals surface area contributed by atoms with E-state index in [9.17, 15) is 15.0 Å². The van der Waals surface area contributed by atoms with Crippen molar-refractivity contribution in [3.8, 4) is 12.3 Å². The van der Waals surface area contributed by atoms with Gasteiger partial charge in [0.05, 0.1) is 25.4 Å². The lowest BCUT2D eigenvalue weighted by atomic mass is 10.1. The van der Waals surface area contributed by atoms with Gasteiger partial charge in [-0.1, -0.05) is 57.1 Å². The summed E-state index contributed by atoms with van der Waals surface area (Å²) < 4.78 is 4.88. The lowest BCUT2D eigenvalue weighted by Gasteiger charge is -2.19. The first kappa shape index (κ1) is 22.7. The molecule has 26 heavy (non-hydrogen) atoms. The SMILES string of the molecule is C#CCCCCCCCCCCC/C=C/[C@@H](O)[C@H](CO)NC(=O)[C@@H]1CO1. The molecule has 1 aliphatic rings. The number of aliphatic hydroxyl groups is 2. The van der Waals surface area contributed by atoms with Crippen LogP contribution in [0.15, 0.2) is 12.2 Å². The van der Waals surface area contributed by atoms with Gasteiger partial charge in [-0.2, -0.15) is 0 Å². The summed E-state index contributed by atoms with van der Waals surface area (Å²) in [7, 11) is 0. The van der Waals surface area contributed by atoms with Gasteiger partial charge in [-0.25, -0.2) is 0 Å². The topological polar surface area (TPSA) is 82.1 Å². The molecule has 5 nitrogen and oxygen atoms in total. The molecule has 1 rings (SSSR count). The lowest BCUT2D eigenvalue weighted by Crippen LogP contribution is -2.46. The van der Waals surface area contributed by atoms with E-state index in [0.717, 1.165) is 25.7 Å². The number of ether oxygens (including phenoxy) is 1. The van der Waals surface area contributed by atoms with E-state index in [1.807, 2.05) is 6.08 Å². The minimum atomic E-state index is -0.878. The van der Waals surface area contributed by atoms with Crippen LogP contribution in [-0.4, -0.2) is 47.6 Å². The average Bonchev–Trinajstić information content (AvgIpc) is 3.48. The molecule has 1 amide bonds. The quantitative estimate of drug-likeness (QED) is 0.170. The molecule has 3 N–H and O–H groups in total. The standard InChI is InChI=1S/C21H35NO4/c1-2-3-4-5-6-7-8-9-10-11-12-13-14-15-19(24)18(16-23)22-21(25)20-17-26-20/h1,14-15,18-20,23-24H,3-13,16-17H2,(H,22,25)/b15-14+/t18-,19+,20-/m0/s1. The van der Waals surface area contributed by atoms with Gasteiger partial charge < -0.3 is 20.3 Å². The zero-order valence-corrected chi connectivity index (χ0v) is 15.9. The first-order chi connectivity index (χ1) is 12.7. The summed E-state index contributed by atoms with van der Waals surface area (Å²) in [5.41, 5.74) is 0. The summed E-state index contributed by atoms with van der Waals surface area (Å²) in [5, 5.41) is 21.9. The van der Waals surface area contributed by atoms with Crippen molar-refractivity contribution in [2.45, 2.75) is 88.9 Å². The monoisotopic (exact) mass is 365 g/mol. The van der Waals surface area contributed by atoms with E-state index in [2.05, 4.69) is 11.2 Å². The first-order valence-electron chi connectivity index (χ1n) is 10.00. The molecule has 0 aromatic carbocycles. The molecule has 0 spiro atoms. The Balaban J connectivity index is 1.95. The number of hydrogen-bond donors (Lipinski definition) is 3. The second-order valence-corrected chi connectivity index (χ2v) is 6.96. The van der Waals surface area contributed by atoms with E-state index in [0.29, 0.717) is 6.61 Å². The molecule has 0 bridgehead atoms. The van der Waals surface area contributed by atoms with Crippen LogP contribution in [0.1, 0.15) is 70.6 Å². The van der Waals surface area contributed by atoms with Gasteiger partial charge in [0.15, 0.2) is 6.10 Å². The second-order valence-electron chi connectivity index (χ2n) is 6.96. The normalized spacial score (nSPS) is 18.4. The third-order valence-electron chi connectivity index (χ3n) is 4.59. The summed E-state index contributed by atoms with van der Waals surface area (Å²) in [4.78, 5) is 11.6. The minimum absolute atomic E-state index is 0.271. The van der Waals surface area contributed by atoms with Crippen LogP contribution < -0.4 is 5.32 Å². The van der Waals surface area contributed by atoms with Crippen molar-refractivity contribution in [1.29, 1.82) is 0 Å². The third kappa shape index (κ3) is 11.3. The van der Waals surface area contributed by atoms with Crippen molar-refractivity contribution in [1.82, 2.24) is 5.32 Å². The van der Waals surface area contributed by atoms with Crippen molar-refractivity contribution in [2.24, 2.45) is 0 Å². The van der Waals surface area contributed by atoms with Crippen LogP contribution in [0.3, 0.4) is 0 Å². The molecule has 1 heterocycles. The molecule has 0 aromatic rings. The average molecular weight is 366 g/mol. The summed E-state index contributed by atoms with van der Waals surface area (Å²) in [5.74, 6) is 2.41. The fourth-order valence-corrected chi connectivity index (χ4v) is 2.81. The molecule has 0 aliphatic carbocycles. The minimum Gasteiger partial charge on any atom is -0.394 e. The number of unbranched alkanes of at least 4 members (excludes halogenated alkanes) is 10. The van der Waals surface area contributed by atoms with E-state index in [1.54, 1.807) is 6.08 Å². The molecule has 0 aromatic heterocycles. The predicted molar refractivity (Wildman–Crippen MR) is 104 cm³/mol. The smallest absolute Gasteiger partial charge is 0.251 e. The van der Waals surface area contributed by atoms with E-state index < -0.39 is 18.2 Å². The zero-order chi connectivity index (χ0) is 19.0. The van der Waals surface area contributed by atoms with E-state index in [4.69, 9.17) is 11.2 Å². The van der Waals surface area contributed by atoms with Gasteiger partial charge in [-0.05, 0) is 19.3 Å². The molecular formula is C21H35NO4. The summed E-state index contributed by atoms with van der Waals surface area (Å²) in [6, 6.07) is -0.677. The zero-order valence-electron chi connectivity index (χ0n) is 15.9. The number of hydrogen-bond acceptors (Lipinski definition) is 4. The lowest BCUT2D eigenvalue weighted by molar-refractivity contribution is -0.124. The van der Waals surface area contributed by atoms with E-state index >= 15 is 0 Å². The number of allylic oxidation sites excluding steroid dienone is 1. The Morgan fingerprint density at radius 3 is 2.27 bits per heavy atom. The highest BCUT2D eigenvalue weighted by Gasteiger charge is 2.33. The first-order valence-corrected chi connectivity index (χ1v) is 10.00. The van der Waals surface area contributed by atoms with Gasteiger partial charge in [0.2, 0.25) is 0 Å². The third-order valence-corrected chi connectivity index (χ3v) is 4.59. The number of carbonyl (C=O) groups excluding carboxylic acids is 1. The van der Waals surface area contributed by atoms with Crippen LogP contribution in [0.4, 0.5) is 0 Å². The highest BCUT2D eigenvalue weighted by atomic mass is 16.6. The molecule has 3 atom stereocenters. The maximum absolute atomic E-state index is 11.6. The molecule has 5 heteroatoms. The van der Waals surface area contributed by atoms with Crippen LogP contribution in [0, 0.1) is 12.3 Å². The van der Waals surface area contributed by atoms with Crippen LogP contribution >= 0.6 is 0 Å². The van der Waals surface area contributed by atoms with Crippen LogP contribution in [0.5, 0.6) is 0 Å². The summed E-state index contributed by atoms with van der Waals surface area (Å²) in [6.07, 6.45) is 20.4. The number of rotatable bonds is 16. The van der Waals surface area contributed by atoms with E-state index in [-0.39, 0.29) is 12.5 Å². The summed E-state index contributed by atoms with van der Waals surface area (Å²) >= 11 is 0. The van der Waals surface area contributed by atoms with Crippen LogP contribution in [-0.2, 0) is 9.53 Å². The Labute approximate surface area is 158 Å². The molecule has 1 fully saturated rings. The number of epoxide rings is 1. The van der Waals surface area contributed by atoms with Crippen molar-refractivity contribution in [3.63, 3.8) is 0 Å². The molecule has 0 unspecified atom stereocenters. The number of terminal acetylenes is 1. The fourth-order valence-electron chi connectivity index (χ4n) is 2.81. The Kier molecular flexibility index (Phi) is 12.9. The highest BCUT2D eigenvalue weighted by Crippen LogP contribution is 2.12. The van der Waals surface area contributed by atoms with Gasteiger partial charge in [0, 0.05) is 6.42 Å². The van der Waals surface area contributed by atoms with Crippen molar-refractivity contribution in [3.05, 3.63) is 12.2 Å². The number of amides is 1. The number of aliphatic hydroxyl groups excluding tert-OH is 2. The number of carbonyl (C=O) groups is 1. The van der Waals surface area contributed by atoms with Gasteiger partial charge in [0.1, 0.15) is 0 Å². The van der Waals surface area contributed by atoms with Gasteiger partial charge in [-0.3, -0.25) is 4.79 Å². The number of nitrogens with one attached hydrogen (secondary N) is 1. The molecule has 0 radical (unpaired) electrons. The Morgan fingerprint density at radius 1 is 1.15 bits per heavy atom. The van der Waals surface area contributed by atoms with Gasteiger partial charge in [-0.15, -0.1) is 12.3 Å². The Bertz CT molecular complexity index is 440. The maximum atomic E-state index is 11.6. The molecular weight excluding hydrogens is 330 g/mol. The van der Waals surface area contributed by atoms with Gasteiger partial charge >= 0.3 is 0 Å². The Hall–Kier alpha value is -1.35. The van der Waals surface area contributed by atoms with E-state index in [1.165, 1.54) is 44.9 Å². The highest BCUT2D eigenvalue weighted by molar-refractivity contribution is 5.83. The molecule has 148 valence electrons. The van der Waals surface area contributed by atoms with Crippen molar-refractivity contribution < 1.29 is 19.7 Å². The molecule has 0 saturated carbocycles. The fraction of sp³-hybridized carbons (Fsp3) is 0.762. The Morgan fingerprint density at radius 2 is 1.73 bits per heavy atom. The molecule has 1 saturated heterocycles. The van der Waals surface area contributed by atoms with Crippen molar-refractivity contribution in [2.75, 3.05) is 13.2 Å². The maximum Gasteiger partial charge on any atom is 0.251 e. The molecule has 1 aliphatic heterocycles. The largest absolute Gasteiger partial charge is 0.394 e. The van der Waals surface area contributed by atoms with Crippen LogP contribution in [0.25, 0.3) is 0 Å². The predicted octanol–water partition coefficient (Wildman–Crippen LogP) is 2.70.